The number of anilines is 1. The standard InChI is InChI=1S/C17H14N4O2S/c1-12-10-16(20-19-12)13-6-8-15(9-7-13)21-24(22,23)17-5-3-2-4-14(17)11-18/h2-10,21H,1H3,(H,19,20). The van der Waals surface area contributed by atoms with Crippen LogP contribution in [0, 0.1) is 18.3 Å². The van der Waals surface area contributed by atoms with Gasteiger partial charge in [-0.25, -0.2) is 8.42 Å². The van der Waals surface area contributed by atoms with Gasteiger partial charge in [0.1, 0.15) is 11.0 Å². The molecular weight excluding hydrogens is 324 g/mol. The molecule has 2 aromatic carbocycles. The minimum Gasteiger partial charge on any atom is -0.282 e. The number of hydrogen-bond acceptors (Lipinski definition) is 4. The summed E-state index contributed by atoms with van der Waals surface area (Å²) in [5.41, 5.74) is 3.13. The Morgan fingerprint density at radius 2 is 1.83 bits per heavy atom. The van der Waals surface area contributed by atoms with Gasteiger partial charge in [0.2, 0.25) is 0 Å². The molecule has 1 heterocycles. The fourth-order valence-electron chi connectivity index (χ4n) is 2.28. The van der Waals surface area contributed by atoms with Crippen LogP contribution in [0.5, 0.6) is 0 Å². The quantitative estimate of drug-likeness (QED) is 0.763. The van der Waals surface area contributed by atoms with Crippen molar-refractivity contribution >= 4 is 15.7 Å². The van der Waals surface area contributed by atoms with E-state index in [1.807, 2.05) is 19.1 Å². The number of hydrogen-bond donors (Lipinski definition) is 2. The zero-order valence-electron chi connectivity index (χ0n) is 12.8. The largest absolute Gasteiger partial charge is 0.282 e. The van der Waals surface area contributed by atoms with Crippen LogP contribution in [0.3, 0.4) is 0 Å². The first kappa shape index (κ1) is 15.8. The van der Waals surface area contributed by atoms with Crippen LogP contribution in [0.2, 0.25) is 0 Å². The SMILES string of the molecule is Cc1cc(-c2ccc(NS(=O)(=O)c3ccccc3C#N)cc2)n[nH]1. The van der Waals surface area contributed by atoms with Crippen molar-refractivity contribution in [3.8, 4) is 17.3 Å². The highest BCUT2D eigenvalue weighted by Gasteiger charge is 2.18. The summed E-state index contributed by atoms with van der Waals surface area (Å²) in [5.74, 6) is 0. The number of aromatic nitrogens is 2. The van der Waals surface area contributed by atoms with Crippen LogP contribution in [0.15, 0.2) is 59.5 Å². The highest BCUT2D eigenvalue weighted by atomic mass is 32.2. The van der Waals surface area contributed by atoms with Crippen LogP contribution in [-0.2, 0) is 10.0 Å². The Morgan fingerprint density at radius 3 is 2.46 bits per heavy atom. The number of H-pyrrole nitrogens is 1. The Morgan fingerprint density at radius 1 is 1.12 bits per heavy atom. The number of benzene rings is 2. The van der Waals surface area contributed by atoms with E-state index in [9.17, 15) is 8.42 Å². The van der Waals surface area contributed by atoms with E-state index in [4.69, 9.17) is 5.26 Å². The second-order valence-electron chi connectivity index (χ2n) is 5.23. The van der Waals surface area contributed by atoms with E-state index in [-0.39, 0.29) is 10.5 Å². The normalized spacial score (nSPS) is 11.0. The molecule has 24 heavy (non-hydrogen) atoms. The fourth-order valence-corrected chi connectivity index (χ4v) is 3.50. The Bertz CT molecular complexity index is 1020. The molecule has 0 unspecified atom stereocenters. The molecular formula is C17H14N4O2S. The lowest BCUT2D eigenvalue weighted by molar-refractivity contribution is 0.601. The first-order valence-electron chi connectivity index (χ1n) is 7.14. The summed E-state index contributed by atoms with van der Waals surface area (Å²) in [6.45, 7) is 1.91. The molecule has 120 valence electrons. The maximum absolute atomic E-state index is 12.5. The third-order valence-electron chi connectivity index (χ3n) is 3.44. The van der Waals surface area contributed by atoms with Crippen molar-refractivity contribution in [3.63, 3.8) is 0 Å². The molecule has 0 atom stereocenters. The third-order valence-corrected chi connectivity index (χ3v) is 4.88. The van der Waals surface area contributed by atoms with Crippen molar-refractivity contribution in [2.75, 3.05) is 4.72 Å². The summed E-state index contributed by atoms with van der Waals surface area (Å²) in [6, 6.07) is 16.8. The Kier molecular flexibility index (Phi) is 4.06. The van der Waals surface area contributed by atoms with Gasteiger partial charge in [0.25, 0.3) is 10.0 Å². The number of sulfonamides is 1. The maximum Gasteiger partial charge on any atom is 0.263 e. The molecule has 0 aliphatic rings. The Balaban J connectivity index is 1.87. The van der Waals surface area contributed by atoms with E-state index in [1.165, 1.54) is 12.1 Å². The second kappa shape index (κ2) is 6.18. The van der Waals surface area contributed by atoms with Crippen LogP contribution >= 0.6 is 0 Å². The highest BCUT2D eigenvalue weighted by Crippen LogP contribution is 2.23. The van der Waals surface area contributed by atoms with Crippen molar-refractivity contribution in [2.24, 2.45) is 0 Å². The van der Waals surface area contributed by atoms with Gasteiger partial charge in [0, 0.05) is 16.9 Å². The van der Waals surface area contributed by atoms with E-state index >= 15 is 0 Å². The molecule has 7 heteroatoms. The maximum atomic E-state index is 12.5. The summed E-state index contributed by atoms with van der Waals surface area (Å²) in [5, 5.41) is 16.1. The average molecular weight is 338 g/mol. The zero-order chi connectivity index (χ0) is 17.2. The van der Waals surface area contributed by atoms with E-state index < -0.39 is 10.0 Å². The smallest absolute Gasteiger partial charge is 0.263 e. The molecule has 0 aliphatic carbocycles. The molecule has 0 saturated heterocycles. The van der Waals surface area contributed by atoms with Gasteiger partial charge in [-0.2, -0.15) is 10.4 Å². The Hall–Kier alpha value is -3.11. The summed E-state index contributed by atoms with van der Waals surface area (Å²) in [4.78, 5) is -0.0421. The molecule has 0 aliphatic heterocycles. The number of nitrogens with one attached hydrogen (secondary N) is 2. The molecule has 0 amide bonds. The van der Waals surface area contributed by atoms with E-state index in [0.717, 1.165) is 17.0 Å². The zero-order valence-corrected chi connectivity index (χ0v) is 13.6. The Labute approximate surface area is 139 Å². The van der Waals surface area contributed by atoms with Crippen LogP contribution in [0.4, 0.5) is 5.69 Å². The number of nitriles is 1. The molecule has 0 radical (unpaired) electrons. The van der Waals surface area contributed by atoms with Crippen LogP contribution < -0.4 is 4.72 Å². The van der Waals surface area contributed by atoms with Crippen molar-refractivity contribution in [2.45, 2.75) is 11.8 Å². The lowest BCUT2D eigenvalue weighted by Gasteiger charge is -2.09. The molecule has 3 rings (SSSR count). The minimum atomic E-state index is -3.82. The molecule has 0 bridgehead atoms. The van der Waals surface area contributed by atoms with E-state index in [1.54, 1.807) is 36.4 Å². The molecule has 3 aromatic rings. The monoisotopic (exact) mass is 338 g/mol. The molecule has 0 spiro atoms. The molecule has 6 nitrogen and oxygen atoms in total. The van der Waals surface area contributed by atoms with E-state index in [0.29, 0.717) is 5.69 Å². The molecule has 1 aromatic heterocycles. The van der Waals surface area contributed by atoms with Crippen molar-refractivity contribution in [3.05, 3.63) is 65.9 Å². The van der Waals surface area contributed by atoms with Gasteiger partial charge in [-0.15, -0.1) is 0 Å². The summed E-state index contributed by atoms with van der Waals surface area (Å²) >= 11 is 0. The molecule has 0 fully saturated rings. The first-order chi connectivity index (χ1) is 11.5. The number of aryl methyl sites for hydroxylation is 1. The number of rotatable bonds is 4. The lowest BCUT2D eigenvalue weighted by Crippen LogP contribution is -2.14. The van der Waals surface area contributed by atoms with Gasteiger partial charge < -0.3 is 0 Å². The van der Waals surface area contributed by atoms with Crippen LogP contribution in [-0.4, -0.2) is 18.6 Å². The van der Waals surface area contributed by atoms with Gasteiger partial charge >= 0.3 is 0 Å². The van der Waals surface area contributed by atoms with Gasteiger partial charge in [0.15, 0.2) is 0 Å². The van der Waals surface area contributed by atoms with Crippen molar-refractivity contribution in [1.82, 2.24) is 10.2 Å². The van der Waals surface area contributed by atoms with E-state index in [2.05, 4.69) is 14.9 Å². The number of aromatic amines is 1. The summed E-state index contributed by atoms with van der Waals surface area (Å²) in [7, 11) is -3.82. The van der Waals surface area contributed by atoms with Crippen molar-refractivity contribution in [1.29, 1.82) is 5.26 Å². The average Bonchev–Trinajstić information content (AvgIpc) is 3.01. The van der Waals surface area contributed by atoms with Crippen LogP contribution in [0.1, 0.15) is 11.3 Å². The minimum absolute atomic E-state index is 0.0421. The van der Waals surface area contributed by atoms with Gasteiger partial charge in [-0.05, 0) is 37.3 Å². The molecule has 2 N–H and O–H groups in total. The van der Waals surface area contributed by atoms with Crippen LogP contribution in [0.25, 0.3) is 11.3 Å². The summed E-state index contributed by atoms with van der Waals surface area (Å²) < 4.78 is 27.4. The highest BCUT2D eigenvalue weighted by molar-refractivity contribution is 7.92. The predicted octanol–water partition coefficient (Wildman–Crippen LogP) is 3.06. The van der Waals surface area contributed by atoms with Gasteiger partial charge in [-0.3, -0.25) is 9.82 Å². The third kappa shape index (κ3) is 3.14. The fraction of sp³-hybridized carbons (Fsp3) is 0.0588. The van der Waals surface area contributed by atoms with Gasteiger partial charge in [-0.1, -0.05) is 24.3 Å². The predicted molar refractivity (Wildman–Crippen MR) is 90.7 cm³/mol. The van der Waals surface area contributed by atoms with Gasteiger partial charge in [0.05, 0.1) is 11.3 Å². The second-order valence-corrected chi connectivity index (χ2v) is 6.88. The first-order valence-corrected chi connectivity index (χ1v) is 8.62. The van der Waals surface area contributed by atoms with Crippen molar-refractivity contribution < 1.29 is 8.42 Å². The molecule has 0 saturated carbocycles. The lowest BCUT2D eigenvalue weighted by atomic mass is 10.1. The number of nitrogens with zero attached hydrogens (tertiary/aromatic N) is 2. The topological polar surface area (TPSA) is 98.6 Å². The summed E-state index contributed by atoms with van der Waals surface area (Å²) in [6.07, 6.45) is 0.